The third kappa shape index (κ3) is 1.26. The highest BCUT2D eigenvalue weighted by atomic mass is 16.7. The van der Waals surface area contributed by atoms with E-state index < -0.39 is 6.10 Å². The fourth-order valence-corrected chi connectivity index (χ4v) is 1.66. The Labute approximate surface area is 86.1 Å². The van der Waals surface area contributed by atoms with E-state index in [1.54, 1.807) is 12.1 Å². The number of fused-ring (bicyclic) bond motifs is 1. The Hall–Kier alpha value is -1.97. The van der Waals surface area contributed by atoms with Crippen molar-refractivity contribution in [3.8, 4) is 11.5 Å². The minimum Gasteiger partial charge on any atom is -0.485 e. The van der Waals surface area contributed by atoms with E-state index in [-0.39, 0.29) is 12.6 Å². The lowest BCUT2D eigenvalue weighted by molar-refractivity contribution is -0.120. The van der Waals surface area contributed by atoms with Crippen molar-refractivity contribution in [2.24, 2.45) is 0 Å². The summed E-state index contributed by atoms with van der Waals surface area (Å²) in [4.78, 5) is 11.4. The Morgan fingerprint density at radius 1 is 1.20 bits per heavy atom. The highest BCUT2D eigenvalue weighted by Gasteiger charge is 2.25. The topological polar surface area (TPSA) is 44.8 Å². The first-order valence-electron chi connectivity index (χ1n) is 4.60. The zero-order valence-corrected chi connectivity index (χ0v) is 7.80. The average molecular weight is 204 g/mol. The Morgan fingerprint density at radius 3 is 2.87 bits per heavy atom. The largest absolute Gasteiger partial charge is 0.485 e. The smallest absolute Gasteiger partial charge is 0.231 e. The van der Waals surface area contributed by atoms with Gasteiger partial charge in [-0.1, -0.05) is 6.07 Å². The zero-order chi connectivity index (χ0) is 10.3. The van der Waals surface area contributed by atoms with Crippen LogP contribution in [0.15, 0.2) is 30.5 Å². The van der Waals surface area contributed by atoms with Gasteiger partial charge in [-0.15, -0.1) is 0 Å². The number of benzene rings is 1. The molecule has 1 aromatic carbocycles. The summed E-state index contributed by atoms with van der Waals surface area (Å²) in [5, 5.41) is 0. The van der Waals surface area contributed by atoms with Crippen LogP contribution in [0.2, 0.25) is 0 Å². The molecule has 2 aliphatic heterocycles. The molecule has 1 unspecified atom stereocenters. The van der Waals surface area contributed by atoms with Crippen LogP contribution in [-0.2, 0) is 9.53 Å². The first-order chi connectivity index (χ1) is 7.34. The second-order valence-electron chi connectivity index (χ2n) is 3.33. The predicted octanol–water partition coefficient (Wildman–Crippen LogP) is 1.57. The fraction of sp³-hybridized carbons (Fsp3) is 0.182. The third-order valence-corrected chi connectivity index (χ3v) is 2.40. The highest BCUT2D eigenvalue weighted by molar-refractivity contribution is 5.95. The van der Waals surface area contributed by atoms with Gasteiger partial charge in [0.05, 0.1) is 6.26 Å². The van der Waals surface area contributed by atoms with E-state index in [2.05, 4.69) is 0 Å². The molecule has 4 heteroatoms. The van der Waals surface area contributed by atoms with Gasteiger partial charge in [0.2, 0.25) is 12.6 Å². The predicted molar refractivity (Wildman–Crippen MR) is 50.5 cm³/mol. The molecular weight excluding hydrogens is 196 g/mol. The Kier molecular flexibility index (Phi) is 1.68. The SMILES string of the molecule is O=C1C=COC1c1ccc2c(c1)OCO2. The quantitative estimate of drug-likeness (QED) is 0.696. The highest BCUT2D eigenvalue weighted by Crippen LogP contribution is 2.36. The summed E-state index contributed by atoms with van der Waals surface area (Å²) in [6.07, 6.45) is 2.31. The first kappa shape index (κ1) is 8.35. The van der Waals surface area contributed by atoms with Crippen molar-refractivity contribution < 1.29 is 19.0 Å². The van der Waals surface area contributed by atoms with Crippen LogP contribution >= 0.6 is 0 Å². The second-order valence-corrected chi connectivity index (χ2v) is 3.33. The van der Waals surface area contributed by atoms with Crippen LogP contribution in [0.4, 0.5) is 0 Å². The molecule has 0 spiro atoms. The molecule has 1 aromatic rings. The third-order valence-electron chi connectivity index (χ3n) is 2.40. The maximum Gasteiger partial charge on any atom is 0.231 e. The Morgan fingerprint density at radius 2 is 2.07 bits per heavy atom. The summed E-state index contributed by atoms with van der Waals surface area (Å²) < 4.78 is 15.6. The van der Waals surface area contributed by atoms with Crippen LogP contribution < -0.4 is 9.47 Å². The fourth-order valence-electron chi connectivity index (χ4n) is 1.66. The first-order valence-corrected chi connectivity index (χ1v) is 4.60. The molecule has 1 atom stereocenters. The van der Waals surface area contributed by atoms with Crippen LogP contribution in [0.3, 0.4) is 0 Å². The summed E-state index contributed by atoms with van der Waals surface area (Å²) in [6.45, 7) is 0.233. The molecule has 2 heterocycles. The summed E-state index contributed by atoms with van der Waals surface area (Å²) in [6, 6.07) is 5.37. The van der Waals surface area contributed by atoms with E-state index in [4.69, 9.17) is 14.2 Å². The molecule has 0 radical (unpaired) electrons. The molecular formula is C11H8O4. The van der Waals surface area contributed by atoms with E-state index in [0.29, 0.717) is 11.5 Å². The van der Waals surface area contributed by atoms with Gasteiger partial charge in [-0.3, -0.25) is 4.79 Å². The number of ketones is 1. The Bertz CT molecular complexity index is 450. The number of carbonyl (C=O) groups excluding carboxylic acids is 1. The lowest BCUT2D eigenvalue weighted by Gasteiger charge is -2.09. The van der Waals surface area contributed by atoms with Crippen LogP contribution in [0, 0.1) is 0 Å². The summed E-state index contributed by atoms with van der Waals surface area (Å²) in [5.74, 6) is 1.32. The van der Waals surface area contributed by atoms with E-state index in [9.17, 15) is 4.79 Å². The molecule has 76 valence electrons. The van der Waals surface area contributed by atoms with Gasteiger partial charge in [0, 0.05) is 11.6 Å². The monoisotopic (exact) mass is 204 g/mol. The summed E-state index contributed by atoms with van der Waals surface area (Å²) >= 11 is 0. The second kappa shape index (κ2) is 3.02. The van der Waals surface area contributed by atoms with Gasteiger partial charge >= 0.3 is 0 Å². The van der Waals surface area contributed by atoms with Crippen molar-refractivity contribution >= 4 is 5.78 Å². The van der Waals surface area contributed by atoms with Gasteiger partial charge in [-0.2, -0.15) is 0 Å². The molecule has 0 N–H and O–H groups in total. The summed E-state index contributed by atoms with van der Waals surface area (Å²) in [7, 11) is 0. The van der Waals surface area contributed by atoms with E-state index in [0.717, 1.165) is 5.56 Å². The molecule has 15 heavy (non-hydrogen) atoms. The zero-order valence-electron chi connectivity index (χ0n) is 7.80. The number of rotatable bonds is 1. The molecule has 4 nitrogen and oxygen atoms in total. The van der Waals surface area contributed by atoms with Crippen molar-refractivity contribution in [1.29, 1.82) is 0 Å². The van der Waals surface area contributed by atoms with Crippen molar-refractivity contribution in [2.45, 2.75) is 6.10 Å². The molecule has 3 rings (SSSR count). The van der Waals surface area contributed by atoms with Crippen molar-refractivity contribution in [2.75, 3.05) is 6.79 Å². The van der Waals surface area contributed by atoms with Gasteiger partial charge in [0.1, 0.15) is 0 Å². The number of hydrogen-bond donors (Lipinski definition) is 0. The molecule has 0 saturated heterocycles. The molecule has 2 aliphatic rings. The summed E-state index contributed by atoms with van der Waals surface area (Å²) in [5.41, 5.74) is 0.786. The maximum atomic E-state index is 11.4. The van der Waals surface area contributed by atoms with E-state index in [1.807, 2.05) is 6.07 Å². The van der Waals surface area contributed by atoms with Gasteiger partial charge in [-0.05, 0) is 12.1 Å². The van der Waals surface area contributed by atoms with Gasteiger partial charge in [0.25, 0.3) is 0 Å². The normalized spacial score (nSPS) is 21.9. The molecule has 0 fully saturated rings. The standard InChI is InChI=1S/C11H8O4/c12-8-3-4-13-11(8)7-1-2-9-10(5-7)15-6-14-9/h1-5,11H,6H2. The van der Waals surface area contributed by atoms with E-state index in [1.165, 1.54) is 12.3 Å². The minimum atomic E-state index is -0.528. The number of ether oxygens (including phenoxy) is 3. The number of carbonyl (C=O) groups is 1. The van der Waals surface area contributed by atoms with Crippen molar-refractivity contribution in [3.05, 3.63) is 36.1 Å². The van der Waals surface area contributed by atoms with Gasteiger partial charge in [-0.25, -0.2) is 0 Å². The van der Waals surface area contributed by atoms with Crippen LogP contribution in [0.1, 0.15) is 11.7 Å². The molecule has 0 amide bonds. The minimum absolute atomic E-state index is 0.0473. The van der Waals surface area contributed by atoms with Crippen LogP contribution in [0.5, 0.6) is 11.5 Å². The van der Waals surface area contributed by atoms with Crippen LogP contribution in [-0.4, -0.2) is 12.6 Å². The average Bonchev–Trinajstić information content (AvgIpc) is 2.84. The van der Waals surface area contributed by atoms with Crippen molar-refractivity contribution in [3.63, 3.8) is 0 Å². The van der Waals surface area contributed by atoms with Gasteiger partial charge in [0.15, 0.2) is 17.6 Å². The van der Waals surface area contributed by atoms with Crippen LogP contribution in [0.25, 0.3) is 0 Å². The Balaban J connectivity index is 1.96. The lowest BCUT2D eigenvalue weighted by atomic mass is 10.1. The molecule has 0 bridgehead atoms. The lowest BCUT2D eigenvalue weighted by Crippen LogP contribution is -2.06. The molecule has 0 saturated carbocycles. The molecule has 0 aromatic heterocycles. The number of hydrogen-bond acceptors (Lipinski definition) is 4. The van der Waals surface area contributed by atoms with Crippen molar-refractivity contribution in [1.82, 2.24) is 0 Å². The van der Waals surface area contributed by atoms with E-state index >= 15 is 0 Å². The van der Waals surface area contributed by atoms with Gasteiger partial charge < -0.3 is 14.2 Å². The maximum absolute atomic E-state index is 11.4. The molecule has 0 aliphatic carbocycles.